The molecule has 0 atom stereocenters. The molecule has 0 unspecified atom stereocenters. The zero-order valence-corrected chi connectivity index (χ0v) is 11.5. The van der Waals surface area contributed by atoms with Crippen molar-refractivity contribution in [2.45, 2.75) is 33.1 Å². The monoisotopic (exact) mass is 265 g/mol. The second-order valence-electron chi connectivity index (χ2n) is 4.16. The van der Waals surface area contributed by atoms with Gasteiger partial charge in [0, 0.05) is 5.56 Å². The van der Waals surface area contributed by atoms with Crippen molar-refractivity contribution in [3.63, 3.8) is 0 Å². The number of nitrogens with one attached hydrogen (secondary N) is 1. The Kier molecular flexibility index (Phi) is 5.58. The second-order valence-corrected chi connectivity index (χ2v) is 4.60. The van der Waals surface area contributed by atoms with E-state index in [1.807, 2.05) is 19.1 Å². The van der Waals surface area contributed by atoms with Crippen molar-refractivity contribution in [3.8, 4) is 5.75 Å². The van der Waals surface area contributed by atoms with Gasteiger partial charge < -0.3 is 10.8 Å². The summed E-state index contributed by atoms with van der Waals surface area (Å²) in [6.45, 7) is 4.08. The van der Waals surface area contributed by atoms with Crippen LogP contribution in [0, 0.1) is 6.92 Å². The summed E-state index contributed by atoms with van der Waals surface area (Å²) in [7, 11) is 0. The molecule has 0 aromatic heterocycles. The lowest BCUT2D eigenvalue weighted by molar-refractivity contribution is 0.473. The first kappa shape index (κ1) is 14.4. The number of hydrogen-bond acceptors (Lipinski definition) is 3. The van der Waals surface area contributed by atoms with Gasteiger partial charge in [0.05, 0.1) is 5.71 Å². The molecule has 0 radical (unpaired) electrons. The summed E-state index contributed by atoms with van der Waals surface area (Å²) >= 11 is 4.73. The van der Waals surface area contributed by atoms with Crippen molar-refractivity contribution < 1.29 is 5.11 Å². The summed E-state index contributed by atoms with van der Waals surface area (Å²) < 4.78 is 0. The van der Waals surface area contributed by atoms with Gasteiger partial charge in [-0.3, -0.25) is 5.43 Å². The van der Waals surface area contributed by atoms with Crippen LogP contribution in [0.15, 0.2) is 23.3 Å². The number of aryl methyl sites for hydroxylation is 1. The molecule has 0 fully saturated rings. The van der Waals surface area contributed by atoms with Crippen molar-refractivity contribution in [1.29, 1.82) is 0 Å². The van der Waals surface area contributed by atoms with Crippen LogP contribution >= 0.6 is 12.2 Å². The van der Waals surface area contributed by atoms with E-state index in [-0.39, 0.29) is 10.9 Å². The summed E-state index contributed by atoms with van der Waals surface area (Å²) in [6.07, 6.45) is 2.81. The van der Waals surface area contributed by atoms with Crippen molar-refractivity contribution in [3.05, 3.63) is 29.3 Å². The summed E-state index contributed by atoms with van der Waals surface area (Å²) in [5.41, 5.74) is 10.5. The Bertz CT molecular complexity index is 458. The maximum atomic E-state index is 9.90. The maximum Gasteiger partial charge on any atom is 0.184 e. The minimum Gasteiger partial charge on any atom is -0.507 e. The number of phenolic OH excluding ortho intramolecular Hbond substituents is 1. The fourth-order valence-electron chi connectivity index (χ4n) is 1.60. The molecule has 0 spiro atoms. The number of rotatable bonds is 5. The third-order valence-corrected chi connectivity index (χ3v) is 2.62. The van der Waals surface area contributed by atoms with Gasteiger partial charge in [0.1, 0.15) is 5.75 Å². The van der Waals surface area contributed by atoms with E-state index >= 15 is 0 Å². The topological polar surface area (TPSA) is 70.6 Å². The molecule has 0 bridgehead atoms. The van der Waals surface area contributed by atoms with Gasteiger partial charge >= 0.3 is 0 Å². The van der Waals surface area contributed by atoms with Crippen LogP contribution in [0.3, 0.4) is 0 Å². The van der Waals surface area contributed by atoms with Gasteiger partial charge in [-0.05, 0) is 44.1 Å². The molecule has 0 aliphatic heterocycles. The predicted octanol–water partition coefficient (Wildman–Crippen LogP) is 2.43. The molecule has 1 rings (SSSR count). The van der Waals surface area contributed by atoms with Gasteiger partial charge in [0.15, 0.2) is 5.11 Å². The Hall–Kier alpha value is -1.62. The highest BCUT2D eigenvalue weighted by Gasteiger charge is 2.09. The van der Waals surface area contributed by atoms with Crippen molar-refractivity contribution >= 4 is 23.0 Å². The lowest BCUT2D eigenvalue weighted by atomic mass is 10.0. The average molecular weight is 265 g/mol. The highest BCUT2D eigenvalue weighted by Crippen LogP contribution is 2.21. The van der Waals surface area contributed by atoms with Gasteiger partial charge in [-0.25, -0.2) is 0 Å². The van der Waals surface area contributed by atoms with Gasteiger partial charge in [-0.15, -0.1) is 0 Å². The molecule has 0 aliphatic carbocycles. The van der Waals surface area contributed by atoms with Crippen molar-refractivity contribution in [2.75, 3.05) is 0 Å². The van der Waals surface area contributed by atoms with Crippen LogP contribution in [0.2, 0.25) is 0 Å². The Morgan fingerprint density at radius 2 is 2.22 bits per heavy atom. The Morgan fingerprint density at radius 3 is 2.83 bits per heavy atom. The minimum atomic E-state index is 0.121. The van der Waals surface area contributed by atoms with E-state index in [4.69, 9.17) is 18.0 Å². The molecule has 18 heavy (non-hydrogen) atoms. The van der Waals surface area contributed by atoms with Gasteiger partial charge in [0.2, 0.25) is 0 Å². The summed E-state index contributed by atoms with van der Waals surface area (Å²) in [4.78, 5) is 0. The number of benzene rings is 1. The third-order valence-electron chi connectivity index (χ3n) is 2.53. The van der Waals surface area contributed by atoms with Crippen LogP contribution < -0.4 is 11.2 Å². The minimum absolute atomic E-state index is 0.121. The number of hydrazone groups is 1. The molecular formula is C13H19N3OS. The molecule has 0 saturated heterocycles. The smallest absolute Gasteiger partial charge is 0.184 e. The third kappa shape index (κ3) is 4.33. The molecule has 0 aliphatic rings. The quantitative estimate of drug-likeness (QED) is 0.434. The molecule has 0 amide bonds. The average Bonchev–Trinajstić information content (AvgIpc) is 2.32. The summed E-state index contributed by atoms with van der Waals surface area (Å²) in [5, 5.41) is 14.2. The van der Waals surface area contributed by atoms with Crippen LogP contribution in [0.4, 0.5) is 0 Å². The Morgan fingerprint density at radius 1 is 1.50 bits per heavy atom. The molecule has 0 saturated carbocycles. The number of aromatic hydroxyl groups is 1. The number of phenols is 1. The summed E-state index contributed by atoms with van der Waals surface area (Å²) in [5.74, 6) is 0.222. The molecule has 98 valence electrons. The zero-order valence-electron chi connectivity index (χ0n) is 10.7. The second kappa shape index (κ2) is 6.96. The molecule has 0 heterocycles. The van der Waals surface area contributed by atoms with E-state index in [0.29, 0.717) is 0 Å². The predicted molar refractivity (Wildman–Crippen MR) is 78.8 cm³/mol. The maximum absolute atomic E-state index is 9.90. The van der Waals surface area contributed by atoms with Crippen LogP contribution in [-0.2, 0) is 0 Å². The van der Waals surface area contributed by atoms with Gasteiger partial charge in [0.25, 0.3) is 0 Å². The standard InChI is InChI=1S/C13H19N3OS/c1-3-4-5-11(15-16-13(14)18)10-8-9(2)6-7-12(10)17/h6-8,17H,3-5H2,1-2H3,(H3,14,16,18)/b15-11-. The SMILES string of the molecule is CCCC/C(=N/NC(N)=S)c1cc(C)ccc1O. The highest BCUT2D eigenvalue weighted by molar-refractivity contribution is 7.80. The Labute approximate surface area is 113 Å². The van der Waals surface area contributed by atoms with Crippen LogP contribution in [0.5, 0.6) is 5.75 Å². The van der Waals surface area contributed by atoms with Crippen LogP contribution in [0.1, 0.15) is 37.3 Å². The number of thiocarbonyl (C=S) groups is 1. The van der Waals surface area contributed by atoms with Crippen molar-refractivity contribution in [1.82, 2.24) is 5.43 Å². The largest absolute Gasteiger partial charge is 0.507 e. The van der Waals surface area contributed by atoms with Gasteiger partial charge in [-0.2, -0.15) is 5.10 Å². The molecule has 4 nitrogen and oxygen atoms in total. The Balaban J connectivity index is 3.04. The first-order chi connectivity index (χ1) is 8.54. The van der Waals surface area contributed by atoms with E-state index in [1.54, 1.807) is 6.07 Å². The lowest BCUT2D eigenvalue weighted by Crippen LogP contribution is -2.25. The van der Waals surface area contributed by atoms with E-state index in [2.05, 4.69) is 17.5 Å². The molecule has 1 aromatic rings. The van der Waals surface area contributed by atoms with Gasteiger partial charge in [-0.1, -0.05) is 25.0 Å². The normalized spacial score (nSPS) is 11.3. The number of nitrogens with zero attached hydrogens (tertiary/aromatic N) is 1. The number of hydrogen-bond donors (Lipinski definition) is 3. The van der Waals surface area contributed by atoms with Crippen LogP contribution in [-0.4, -0.2) is 15.9 Å². The van der Waals surface area contributed by atoms with E-state index < -0.39 is 0 Å². The zero-order chi connectivity index (χ0) is 13.5. The fraction of sp³-hybridized carbons (Fsp3) is 0.385. The van der Waals surface area contributed by atoms with E-state index in [9.17, 15) is 5.11 Å². The van der Waals surface area contributed by atoms with E-state index in [1.165, 1.54) is 0 Å². The molecule has 4 N–H and O–H groups in total. The number of nitrogens with two attached hydrogens (primary N) is 1. The summed E-state index contributed by atoms with van der Waals surface area (Å²) in [6, 6.07) is 5.44. The van der Waals surface area contributed by atoms with E-state index in [0.717, 1.165) is 36.1 Å². The highest BCUT2D eigenvalue weighted by atomic mass is 32.1. The number of unbranched alkanes of at least 4 members (excludes halogenated alkanes) is 1. The molecule has 1 aromatic carbocycles. The fourth-order valence-corrected chi connectivity index (χ4v) is 1.64. The van der Waals surface area contributed by atoms with Crippen LogP contribution in [0.25, 0.3) is 0 Å². The molecular weight excluding hydrogens is 246 g/mol. The first-order valence-corrected chi connectivity index (χ1v) is 6.37. The molecule has 5 heteroatoms. The van der Waals surface area contributed by atoms with Crippen molar-refractivity contribution in [2.24, 2.45) is 10.8 Å². The first-order valence-electron chi connectivity index (χ1n) is 5.96. The lowest BCUT2D eigenvalue weighted by Gasteiger charge is -2.09.